The fraction of sp³-hybridized carbons (Fsp3) is 0.200. The van der Waals surface area contributed by atoms with Gasteiger partial charge < -0.3 is 5.11 Å². The third kappa shape index (κ3) is 3.54. The Morgan fingerprint density at radius 3 is 2.33 bits per heavy atom. The second-order valence-corrected chi connectivity index (χ2v) is 4.91. The number of alkyl halides is 3. The zero-order valence-corrected chi connectivity index (χ0v) is 11.4. The number of aliphatic hydroxyl groups excluding tert-OH is 1. The Hall–Kier alpha value is -1.59. The zero-order valence-electron chi connectivity index (χ0n) is 10.7. The van der Waals surface area contributed by atoms with E-state index in [0.29, 0.717) is 0 Å². The highest BCUT2D eigenvalue weighted by Crippen LogP contribution is 2.36. The first-order chi connectivity index (χ1) is 9.80. The van der Waals surface area contributed by atoms with E-state index in [0.717, 1.165) is 12.1 Å². The molecular weight excluding hydrogens is 308 g/mol. The molecule has 21 heavy (non-hydrogen) atoms. The van der Waals surface area contributed by atoms with Crippen LogP contribution in [-0.4, -0.2) is 5.11 Å². The van der Waals surface area contributed by atoms with Crippen LogP contribution in [0.15, 0.2) is 42.5 Å². The minimum absolute atomic E-state index is 0.0105. The van der Waals surface area contributed by atoms with E-state index in [2.05, 4.69) is 0 Å². The lowest BCUT2D eigenvalue weighted by molar-refractivity contribution is -0.139. The Bertz CT molecular complexity index is 620. The smallest absolute Gasteiger partial charge is 0.388 e. The lowest BCUT2D eigenvalue weighted by Gasteiger charge is -2.18. The van der Waals surface area contributed by atoms with E-state index in [-0.39, 0.29) is 22.6 Å². The van der Waals surface area contributed by atoms with Crippen molar-refractivity contribution in [2.45, 2.75) is 18.7 Å². The molecule has 0 aliphatic rings. The predicted octanol–water partition coefficient (Wildman–Crippen LogP) is 4.77. The first kappa shape index (κ1) is 15.8. The maximum absolute atomic E-state index is 13.6. The van der Waals surface area contributed by atoms with Crippen molar-refractivity contribution in [2.75, 3.05) is 0 Å². The highest BCUT2D eigenvalue weighted by atomic mass is 35.5. The molecule has 0 bridgehead atoms. The van der Waals surface area contributed by atoms with Crippen LogP contribution < -0.4 is 0 Å². The molecule has 1 atom stereocenters. The van der Waals surface area contributed by atoms with Crippen LogP contribution in [0.5, 0.6) is 0 Å². The molecule has 0 saturated carbocycles. The van der Waals surface area contributed by atoms with E-state index in [1.165, 1.54) is 30.3 Å². The third-order valence-electron chi connectivity index (χ3n) is 3.08. The number of benzene rings is 2. The highest BCUT2D eigenvalue weighted by molar-refractivity contribution is 6.31. The first-order valence-electron chi connectivity index (χ1n) is 6.07. The highest BCUT2D eigenvalue weighted by Gasteiger charge is 2.34. The molecule has 2 aromatic rings. The van der Waals surface area contributed by atoms with Crippen molar-refractivity contribution in [3.05, 3.63) is 70.0 Å². The summed E-state index contributed by atoms with van der Waals surface area (Å²) in [6.45, 7) is 0. The lowest BCUT2D eigenvalue weighted by atomic mass is 9.96. The van der Waals surface area contributed by atoms with Gasteiger partial charge in [0.25, 0.3) is 0 Å². The number of halogens is 5. The van der Waals surface area contributed by atoms with Gasteiger partial charge in [-0.3, -0.25) is 0 Å². The van der Waals surface area contributed by atoms with Crippen LogP contribution in [0.25, 0.3) is 0 Å². The van der Waals surface area contributed by atoms with Gasteiger partial charge in [-0.05, 0) is 23.8 Å². The van der Waals surface area contributed by atoms with Gasteiger partial charge in [0.1, 0.15) is 5.82 Å². The summed E-state index contributed by atoms with van der Waals surface area (Å²) in [5, 5.41) is 10.1. The Labute approximate surface area is 123 Å². The van der Waals surface area contributed by atoms with Crippen molar-refractivity contribution in [2.24, 2.45) is 0 Å². The normalized spacial score (nSPS) is 13.2. The van der Waals surface area contributed by atoms with E-state index in [9.17, 15) is 22.7 Å². The molecule has 6 heteroatoms. The van der Waals surface area contributed by atoms with Gasteiger partial charge in [0.15, 0.2) is 0 Å². The molecule has 0 radical (unpaired) electrons. The van der Waals surface area contributed by atoms with Gasteiger partial charge in [0, 0.05) is 17.0 Å². The van der Waals surface area contributed by atoms with Crippen molar-refractivity contribution in [3.8, 4) is 0 Å². The van der Waals surface area contributed by atoms with Gasteiger partial charge in [-0.1, -0.05) is 35.9 Å². The van der Waals surface area contributed by atoms with E-state index >= 15 is 0 Å². The van der Waals surface area contributed by atoms with Crippen molar-refractivity contribution >= 4 is 11.6 Å². The fourth-order valence-corrected chi connectivity index (χ4v) is 2.32. The lowest BCUT2D eigenvalue weighted by Crippen LogP contribution is -2.13. The van der Waals surface area contributed by atoms with Crippen LogP contribution in [0.3, 0.4) is 0 Å². The Balaban J connectivity index is 2.36. The summed E-state index contributed by atoms with van der Waals surface area (Å²) in [4.78, 5) is 0. The quantitative estimate of drug-likeness (QED) is 0.808. The summed E-state index contributed by atoms with van der Waals surface area (Å²) in [6.07, 6.45) is -6.42. The van der Waals surface area contributed by atoms with E-state index in [1.54, 1.807) is 0 Å². The Morgan fingerprint density at radius 1 is 1.05 bits per heavy atom. The average Bonchev–Trinajstić information content (AvgIpc) is 2.42. The summed E-state index contributed by atoms with van der Waals surface area (Å²) in [6, 6.07) is 8.61. The van der Waals surface area contributed by atoms with Gasteiger partial charge in [0.2, 0.25) is 0 Å². The molecule has 2 aromatic carbocycles. The summed E-state index contributed by atoms with van der Waals surface area (Å²) in [5.74, 6) is -0.661. The molecule has 2 rings (SSSR count). The second kappa shape index (κ2) is 6.03. The van der Waals surface area contributed by atoms with E-state index in [4.69, 9.17) is 11.6 Å². The van der Waals surface area contributed by atoms with Crippen LogP contribution in [-0.2, 0) is 12.6 Å². The molecule has 0 fully saturated rings. The number of hydrogen-bond acceptors (Lipinski definition) is 1. The third-order valence-corrected chi connectivity index (χ3v) is 3.44. The van der Waals surface area contributed by atoms with Gasteiger partial charge in [-0.25, -0.2) is 4.39 Å². The summed E-state index contributed by atoms with van der Waals surface area (Å²) >= 11 is 5.82. The summed E-state index contributed by atoms with van der Waals surface area (Å²) in [5.41, 5.74) is -1.25. The summed E-state index contributed by atoms with van der Waals surface area (Å²) in [7, 11) is 0. The van der Waals surface area contributed by atoms with Gasteiger partial charge in [0.05, 0.1) is 11.7 Å². The Morgan fingerprint density at radius 2 is 1.71 bits per heavy atom. The van der Waals surface area contributed by atoms with E-state index in [1.807, 2.05) is 0 Å². The number of hydrogen-bond donors (Lipinski definition) is 1. The maximum atomic E-state index is 13.6. The first-order valence-corrected chi connectivity index (χ1v) is 6.45. The predicted molar refractivity (Wildman–Crippen MR) is 71.5 cm³/mol. The van der Waals surface area contributed by atoms with Crippen LogP contribution in [0, 0.1) is 5.82 Å². The van der Waals surface area contributed by atoms with Crippen molar-refractivity contribution in [1.29, 1.82) is 0 Å². The largest absolute Gasteiger partial charge is 0.416 e. The average molecular weight is 319 g/mol. The molecule has 1 unspecified atom stereocenters. The zero-order chi connectivity index (χ0) is 15.6. The van der Waals surface area contributed by atoms with E-state index < -0.39 is 23.7 Å². The van der Waals surface area contributed by atoms with Crippen LogP contribution in [0.1, 0.15) is 22.8 Å². The molecule has 112 valence electrons. The van der Waals surface area contributed by atoms with Crippen molar-refractivity contribution < 1.29 is 22.7 Å². The molecular formula is C15H11ClF4O. The molecule has 0 amide bonds. The second-order valence-electron chi connectivity index (χ2n) is 4.51. The van der Waals surface area contributed by atoms with Gasteiger partial charge in [-0.15, -0.1) is 0 Å². The fourth-order valence-electron chi connectivity index (χ4n) is 2.08. The number of rotatable bonds is 3. The minimum Gasteiger partial charge on any atom is -0.388 e. The summed E-state index contributed by atoms with van der Waals surface area (Å²) < 4.78 is 52.3. The minimum atomic E-state index is -4.59. The SMILES string of the molecule is OC(Cc1c(F)cccc1Cl)c1ccccc1C(F)(F)F. The van der Waals surface area contributed by atoms with Crippen LogP contribution in [0.4, 0.5) is 17.6 Å². The molecule has 1 N–H and O–H groups in total. The molecule has 0 heterocycles. The Kier molecular flexibility index (Phi) is 4.54. The van der Waals surface area contributed by atoms with Crippen molar-refractivity contribution in [3.63, 3.8) is 0 Å². The topological polar surface area (TPSA) is 20.2 Å². The molecule has 1 nitrogen and oxygen atoms in total. The molecule has 0 aliphatic carbocycles. The van der Waals surface area contributed by atoms with Crippen molar-refractivity contribution in [1.82, 2.24) is 0 Å². The molecule has 0 aliphatic heterocycles. The van der Waals surface area contributed by atoms with Gasteiger partial charge >= 0.3 is 6.18 Å². The van der Waals surface area contributed by atoms with Gasteiger partial charge in [-0.2, -0.15) is 13.2 Å². The molecule has 0 saturated heterocycles. The van der Waals surface area contributed by atoms with Crippen LogP contribution >= 0.6 is 11.6 Å². The number of aliphatic hydroxyl groups is 1. The maximum Gasteiger partial charge on any atom is 0.416 e. The monoisotopic (exact) mass is 318 g/mol. The standard InChI is InChI=1S/C15H11ClF4O/c16-12-6-3-7-13(17)10(12)8-14(21)9-4-1-2-5-11(9)15(18,19)20/h1-7,14,21H,8H2. The molecule has 0 aromatic heterocycles. The molecule has 0 spiro atoms. The van der Waals surface area contributed by atoms with Crippen LogP contribution in [0.2, 0.25) is 5.02 Å².